The molecular formula is C15H17NO4. The molecule has 3 aliphatic rings. The number of nitrogens with zero attached hydrogens (tertiary/aromatic N) is 1. The zero-order valence-electron chi connectivity index (χ0n) is 11.1. The monoisotopic (exact) mass is 275 g/mol. The first kappa shape index (κ1) is 12.0. The number of carbonyl (C=O) groups excluding carboxylic acids is 1. The second-order valence-corrected chi connectivity index (χ2v) is 5.79. The van der Waals surface area contributed by atoms with Crippen molar-refractivity contribution in [2.45, 2.75) is 43.9 Å². The van der Waals surface area contributed by atoms with Gasteiger partial charge in [-0.05, 0) is 43.9 Å². The van der Waals surface area contributed by atoms with E-state index < -0.39 is 0 Å². The third-order valence-electron chi connectivity index (χ3n) is 4.56. The van der Waals surface area contributed by atoms with Gasteiger partial charge in [-0.15, -0.1) is 0 Å². The van der Waals surface area contributed by atoms with E-state index in [-0.39, 0.29) is 30.9 Å². The Morgan fingerprint density at radius 1 is 1.15 bits per heavy atom. The molecule has 3 aliphatic heterocycles. The van der Waals surface area contributed by atoms with E-state index in [4.69, 9.17) is 9.47 Å². The van der Waals surface area contributed by atoms with Gasteiger partial charge in [-0.25, -0.2) is 0 Å². The molecule has 0 radical (unpaired) electrons. The van der Waals surface area contributed by atoms with Crippen molar-refractivity contribution in [1.29, 1.82) is 0 Å². The van der Waals surface area contributed by atoms with E-state index in [1.807, 2.05) is 4.90 Å². The van der Waals surface area contributed by atoms with Gasteiger partial charge in [-0.3, -0.25) is 4.79 Å². The molecule has 20 heavy (non-hydrogen) atoms. The molecule has 2 bridgehead atoms. The number of benzene rings is 1. The Labute approximate surface area is 117 Å². The van der Waals surface area contributed by atoms with Crippen LogP contribution in [0, 0.1) is 0 Å². The van der Waals surface area contributed by atoms with Crippen LogP contribution in [0.1, 0.15) is 36.0 Å². The van der Waals surface area contributed by atoms with Gasteiger partial charge in [-0.1, -0.05) is 0 Å². The van der Waals surface area contributed by atoms with Gasteiger partial charge in [0.2, 0.25) is 6.79 Å². The first-order valence-corrected chi connectivity index (χ1v) is 7.13. The molecule has 2 unspecified atom stereocenters. The lowest BCUT2D eigenvalue weighted by atomic mass is 9.98. The number of amides is 1. The maximum absolute atomic E-state index is 12.7. The van der Waals surface area contributed by atoms with Gasteiger partial charge in [0.1, 0.15) is 0 Å². The van der Waals surface area contributed by atoms with Crippen LogP contribution in [0.5, 0.6) is 11.5 Å². The zero-order valence-corrected chi connectivity index (χ0v) is 11.1. The van der Waals surface area contributed by atoms with Gasteiger partial charge in [0.05, 0.1) is 6.10 Å². The molecule has 4 rings (SSSR count). The number of aliphatic hydroxyl groups excluding tert-OH is 1. The number of piperidine rings is 1. The van der Waals surface area contributed by atoms with Gasteiger partial charge >= 0.3 is 0 Å². The first-order valence-electron chi connectivity index (χ1n) is 7.13. The highest BCUT2D eigenvalue weighted by atomic mass is 16.7. The minimum atomic E-state index is -0.256. The SMILES string of the molecule is O=C(c1ccc2c(c1)OCO2)N1C2CCC1CC(O)C2. The molecule has 3 heterocycles. The lowest BCUT2D eigenvalue weighted by molar-refractivity contribution is 0.0286. The molecule has 1 aromatic carbocycles. The molecule has 5 heteroatoms. The summed E-state index contributed by atoms with van der Waals surface area (Å²) in [7, 11) is 0. The Hall–Kier alpha value is -1.75. The molecule has 0 spiro atoms. The molecule has 1 aromatic rings. The van der Waals surface area contributed by atoms with Crippen LogP contribution < -0.4 is 9.47 Å². The van der Waals surface area contributed by atoms with E-state index in [1.54, 1.807) is 18.2 Å². The fourth-order valence-electron chi connectivity index (χ4n) is 3.66. The summed E-state index contributed by atoms with van der Waals surface area (Å²) in [5, 5.41) is 9.81. The fraction of sp³-hybridized carbons (Fsp3) is 0.533. The summed E-state index contributed by atoms with van der Waals surface area (Å²) in [5.41, 5.74) is 0.641. The molecule has 106 valence electrons. The molecule has 2 saturated heterocycles. The summed E-state index contributed by atoms with van der Waals surface area (Å²) >= 11 is 0. The third kappa shape index (κ3) is 1.77. The van der Waals surface area contributed by atoms with Crippen molar-refractivity contribution < 1.29 is 19.4 Å². The van der Waals surface area contributed by atoms with Crippen molar-refractivity contribution in [2.75, 3.05) is 6.79 Å². The van der Waals surface area contributed by atoms with Crippen LogP contribution in [0.3, 0.4) is 0 Å². The quantitative estimate of drug-likeness (QED) is 0.844. The number of hydrogen-bond donors (Lipinski definition) is 1. The van der Waals surface area contributed by atoms with E-state index in [0.717, 1.165) is 12.8 Å². The van der Waals surface area contributed by atoms with Crippen LogP contribution in [0.15, 0.2) is 18.2 Å². The number of fused-ring (bicyclic) bond motifs is 3. The van der Waals surface area contributed by atoms with Gasteiger partial charge < -0.3 is 19.5 Å². The lowest BCUT2D eigenvalue weighted by Crippen LogP contribution is -2.47. The van der Waals surface area contributed by atoms with Crippen molar-refractivity contribution in [2.24, 2.45) is 0 Å². The second kappa shape index (κ2) is 4.38. The topological polar surface area (TPSA) is 59.0 Å². The summed E-state index contributed by atoms with van der Waals surface area (Å²) < 4.78 is 10.6. The fourth-order valence-corrected chi connectivity index (χ4v) is 3.66. The molecule has 0 aliphatic carbocycles. The molecule has 1 N–H and O–H groups in total. The molecule has 1 amide bonds. The van der Waals surface area contributed by atoms with E-state index in [2.05, 4.69) is 0 Å². The van der Waals surface area contributed by atoms with Crippen molar-refractivity contribution in [3.8, 4) is 11.5 Å². The predicted molar refractivity (Wildman–Crippen MR) is 70.8 cm³/mol. The predicted octanol–water partition coefficient (Wildman–Crippen LogP) is 1.54. The third-order valence-corrected chi connectivity index (χ3v) is 4.56. The lowest BCUT2D eigenvalue weighted by Gasteiger charge is -2.37. The van der Waals surface area contributed by atoms with Crippen LogP contribution in [-0.2, 0) is 0 Å². The highest BCUT2D eigenvalue weighted by Gasteiger charge is 2.43. The Kier molecular flexibility index (Phi) is 2.63. The Morgan fingerprint density at radius 3 is 2.60 bits per heavy atom. The van der Waals surface area contributed by atoms with Crippen molar-refractivity contribution in [1.82, 2.24) is 4.90 Å². The van der Waals surface area contributed by atoms with E-state index in [9.17, 15) is 9.90 Å². The maximum Gasteiger partial charge on any atom is 0.254 e. The number of hydrogen-bond acceptors (Lipinski definition) is 4. The number of ether oxygens (including phenoxy) is 2. The molecule has 0 saturated carbocycles. The summed E-state index contributed by atoms with van der Waals surface area (Å²) in [6, 6.07) is 5.70. The largest absolute Gasteiger partial charge is 0.454 e. The zero-order chi connectivity index (χ0) is 13.7. The molecule has 5 nitrogen and oxygen atoms in total. The van der Waals surface area contributed by atoms with E-state index in [0.29, 0.717) is 29.9 Å². The average molecular weight is 275 g/mol. The Bertz CT molecular complexity index is 545. The van der Waals surface area contributed by atoms with Crippen LogP contribution in [-0.4, -0.2) is 40.9 Å². The van der Waals surface area contributed by atoms with Crippen molar-refractivity contribution >= 4 is 5.91 Å². The normalized spacial score (nSPS) is 30.6. The van der Waals surface area contributed by atoms with Crippen LogP contribution >= 0.6 is 0 Å². The second-order valence-electron chi connectivity index (χ2n) is 5.79. The molecule has 2 fully saturated rings. The number of rotatable bonds is 1. The van der Waals surface area contributed by atoms with Gasteiger partial charge in [0.25, 0.3) is 5.91 Å². The summed E-state index contributed by atoms with van der Waals surface area (Å²) in [6.07, 6.45) is 3.14. The van der Waals surface area contributed by atoms with Crippen LogP contribution in [0.2, 0.25) is 0 Å². The summed E-state index contributed by atoms with van der Waals surface area (Å²) in [6.45, 7) is 0.216. The molecule has 0 aromatic heterocycles. The minimum absolute atomic E-state index is 0.0442. The number of carbonyl (C=O) groups is 1. The van der Waals surface area contributed by atoms with Gasteiger partial charge in [0.15, 0.2) is 11.5 Å². The Balaban J connectivity index is 1.61. The minimum Gasteiger partial charge on any atom is -0.454 e. The smallest absolute Gasteiger partial charge is 0.254 e. The standard InChI is InChI=1S/C15H17NO4/c17-12-6-10-2-3-11(7-12)16(10)15(18)9-1-4-13-14(5-9)20-8-19-13/h1,4-5,10-12,17H,2-3,6-8H2. The molecular weight excluding hydrogens is 258 g/mol. The summed E-state index contributed by atoms with van der Waals surface area (Å²) in [5.74, 6) is 1.38. The average Bonchev–Trinajstić information content (AvgIpc) is 3.00. The molecule has 2 atom stereocenters. The highest BCUT2D eigenvalue weighted by molar-refractivity contribution is 5.95. The highest BCUT2D eigenvalue weighted by Crippen LogP contribution is 2.38. The Morgan fingerprint density at radius 2 is 1.85 bits per heavy atom. The van der Waals surface area contributed by atoms with Gasteiger partial charge in [0, 0.05) is 17.6 Å². The van der Waals surface area contributed by atoms with Crippen LogP contribution in [0.4, 0.5) is 0 Å². The van der Waals surface area contributed by atoms with Gasteiger partial charge in [-0.2, -0.15) is 0 Å². The summed E-state index contributed by atoms with van der Waals surface area (Å²) in [4.78, 5) is 14.7. The first-order chi connectivity index (χ1) is 9.72. The number of aliphatic hydroxyl groups is 1. The van der Waals surface area contributed by atoms with Crippen molar-refractivity contribution in [3.63, 3.8) is 0 Å². The van der Waals surface area contributed by atoms with E-state index >= 15 is 0 Å². The van der Waals surface area contributed by atoms with E-state index in [1.165, 1.54) is 0 Å². The maximum atomic E-state index is 12.7. The van der Waals surface area contributed by atoms with Crippen LogP contribution in [0.25, 0.3) is 0 Å². The van der Waals surface area contributed by atoms with Crippen molar-refractivity contribution in [3.05, 3.63) is 23.8 Å².